The zero-order chi connectivity index (χ0) is 12.7. The Balaban J connectivity index is 3.50. The molecule has 90 valence electrons. The Morgan fingerprint density at radius 2 is 1.94 bits per heavy atom. The zero-order valence-electron chi connectivity index (χ0n) is 10.3. The first kappa shape index (κ1) is 12.5. The lowest BCUT2D eigenvalue weighted by atomic mass is 9.91. The Morgan fingerprint density at radius 1 is 1.44 bits per heavy atom. The van der Waals surface area contributed by atoms with Crippen molar-refractivity contribution in [3.63, 3.8) is 0 Å². The summed E-state index contributed by atoms with van der Waals surface area (Å²) < 4.78 is 1.50. The van der Waals surface area contributed by atoms with Gasteiger partial charge in [0.2, 0.25) is 5.82 Å². The van der Waals surface area contributed by atoms with E-state index in [9.17, 15) is 10.1 Å². The van der Waals surface area contributed by atoms with E-state index in [2.05, 4.69) is 5.10 Å². The van der Waals surface area contributed by atoms with Crippen LogP contribution in [0.4, 0.5) is 11.5 Å². The van der Waals surface area contributed by atoms with Crippen LogP contribution in [-0.4, -0.2) is 14.7 Å². The first-order chi connectivity index (χ1) is 7.16. The lowest BCUT2D eigenvalue weighted by Crippen LogP contribution is -2.15. The van der Waals surface area contributed by atoms with Crippen LogP contribution >= 0.6 is 0 Å². The molecule has 0 saturated carbocycles. The van der Waals surface area contributed by atoms with Crippen LogP contribution in [0.2, 0.25) is 0 Å². The number of anilines is 1. The molecular formula is C10H18N4O2. The van der Waals surface area contributed by atoms with Gasteiger partial charge in [-0.15, -0.1) is 0 Å². The van der Waals surface area contributed by atoms with Gasteiger partial charge in [-0.25, -0.2) is 4.68 Å². The van der Waals surface area contributed by atoms with Gasteiger partial charge >= 0.3 is 5.69 Å². The summed E-state index contributed by atoms with van der Waals surface area (Å²) in [6.07, 6.45) is 0. The van der Waals surface area contributed by atoms with E-state index in [1.807, 2.05) is 34.6 Å². The van der Waals surface area contributed by atoms with Crippen molar-refractivity contribution < 1.29 is 4.92 Å². The predicted octanol–water partition coefficient (Wildman–Crippen LogP) is 2.25. The minimum atomic E-state index is -0.457. The summed E-state index contributed by atoms with van der Waals surface area (Å²) in [6.45, 7) is 9.42. The molecule has 1 aromatic heterocycles. The third kappa shape index (κ3) is 2.00. The standard InChI is InChI=1S/C10H18N4O2/c1-6(2)13-9(11)7(14(15)16)8(12-13)10(3,4)5/h6H,11H2,1-5H3. The van der Waals surface area contributed by atoms with Gasteiger partial charge < -0.3 is 5.73 Å². The number of nitrogens with two attached hydrogens (primary N) is 1. The van der Waals surface area contributed by atoms with Crippen LogP contribution in [0.25, 0.3) is 0 Å². The summed E-state index contributed by atoms with van der Waals surface area (Å²) in [6, 6.07) is 0.00907. The molecule has 0 aromatic carbocycles. The summed E-state index contributed by atoms with van der Waals surface area (Å²) in [4.78, 5) is 10.5. The van der Waals surface area contributed by atoms with Crippen molar-refractivity contribution in [2.45, 2.75) is 46.1 Å². The van der Waals surface area contributed by atoms with E-state index in [0.717, 1.165) is 0 Å². The van der Waals surface area contributed by atoms with Gasteiger partial charge in [0, 0.05) is 11.5 Å². The van der Waals surface area contributed by atoms with E-state index in [-0.39, 0.29) is 17.5 Å². The summed E-state index contributed by atoms with van der Waals surface area (Å²) in [7, 11) is 0. The third-order valence-corrected chi connectivity index (χ3v) is 2.30. The van der Waals surface area contributed by atoms with E-state index in [0.29, 0.717) is 5.69 Å². The molecule has 0 spiro atoms. The highest BCUT2D eigenvalue weighted by molar-refractivity contribution is 5.58. The normalized spacial score (nSPS) is 12.1. The van der Waals surface area contributed by atoms with E-state index < -0.39 is 10.3 Å². The van der Waals surface area contributed by atoms with Crippen molar-refractivity contribution in [2.75, 3.05) is 5.73 Å². The van der Waals surface area contributed by atoms with Crippen LogP contribution < -0.4 is 5.73 Å². The van der Waals surface area contributed by atoms with Gasteiger partial charge in [-0.3, -0.25) is 10.1 Å². The number of hydrogen-bond donors (Lipinski definition) is 1. The number of nitrogens with zero attached hydrogens (tertiary/aromatic N) is 3. The molecule has 1 aromatic rings. The van der Waals surface area contributed by atoms with Gasteiger partial charge in [-0.2, -0.15) is 5.10 Å². The van der Waals surface area contributed by atoms with Crippen molar-refractivity contribution in [3.8, 4) is 0 Å². The molecule has 0 bridgehead atoms. The van der Waals surface area contributed by atoms with Gasteiger partial charge in [0.1, 0.15) is 5.69 Å². The summed E-state index contributed by atoms with van der Waals surface area (Å²) in [5.41, 5.74) is 5.73. The fourth-order valence-corrected chi connectivity index (χ4v) is 1.52. The molecule has 16 heavy (non-hydrogen) atoms. The molecule has 6 nitrogen and oxygen atoms in total. The van der Waals surface area contributed by atoms with Gasteiger partial charge in [-0.1, -0.05) is 20.8 Å². The van der Waals surface area contributed by atoms with Crippen LogP contribution in [0.15, 0.2) is 0 Å². The molecule has 0 aliphatic rings. The molecule has 1 heterocycles. The highest BCUT2D eigenvalue weighted by Gasteiger charge is 2.33. The zero-order valence-corrected chi connectivity index (χ0v) is 10.3. The maximum absolute atomic E-state index is 11.0. The molecule has 0 atom stereocenters. The Morgan fingerprint density at radius 3 is 2.19 bits per heavy atom. The van der Waals surface area contributed by atoms with Crippen LogP contribution in [-0.2, 0) is 5.41 Å². The van der Waals surface area contributed by atoms with Crippen LogP contribution in [0.1, 0.15) is 46.4 Å². The smallest absolute Gasteiger partial charge is 0.334 e. The number of aromatic nitrogens is 2. The monoisotopic (exact) mass is 226 g/mol. The highest BCUT2D eigenvalue weighted by atomic mass is 16.6. The Bertz CT molecular complexity index is 415. The Kier molecular flexibility index (Phi) is 2.94. The SMILES string of the molecule is CC(C)n1nc(C(C)(C)C)c([N+](=O)[O-])c1N. The van der Waals surface area contributed by atoms with Crippen molar-refractivity contribution >= 4 is 11.5 Å². The van der Waals surface area contributed by atoms with Gasteiger partial charge in [0.15, 0.2) is 0 Å². The molecule has 0 aliphatic heterocycles. The minimum Gasteiger partial charge on any atom is -0.378 e. The number of hydrogen-bond acceptors (Lipinski definition) is 4. The molecule has 0 aliphatic carbocycles. The van der Waals surface area contributed by atoms with E-state index in [1.54, 1.807) is 0 Å². The van der Waals surface area contributed by atoms with Gasteiger partial charge in [0.05, 0.1) is 4.92 Å². The Hall–Kier alpha value is -1.59. The van der Waals surface area contributed by atoms with Crippen molar-refractivity contribution in [1.82, 2.24) is 9.78 Å². The maximum atomic E-state index is 11.0. The quantitative estimate of drug-likeness (QED) is 0.618. The van der Waals surface area contributed by atoms with Crippen LogP contribution in [0, 0.1) is 10.1 Å². The second kappa shape index (κ2) is 3.77. The largest absolute Gasteiger partial charge is 0.378 e. The van der Waals surface area contributed by atoms with E-state index in [1.165, 1.54) is 4.68 Å². The third-order valence-electron chi connectivity index (χ3n) is 2.30. The number of nitrogen functional groups attached to an aromatic ring is 1. The molecule has 0 amide bonds. The average Bonchev–Trinajstić information content (AvgIpc) is 2.41. The fourth-order valence-electron chi connectivity index (χ4n) is 1.52. The predicted molar refractivity (Wildman–Crippen MR) is 62.4 cm³/mol. The highest BCUT2D eigenvalue weighted by Crippen LogP contribution is 2.35. The second-order valence-electron chi connectivity index (χ2n) is 5.13. The second-order valence-corrected chi connectivity index (χ2v) is 5.13. The molecule has 0 saturated heterocycles. The molecule has 0 unspecified atom stereocenters. The molecule has 2 N–H and O–H groups in total. The van der Waals surface area contributed by atoms with Crippen molar-refractivity contribution in [2.24, 2.45) is 0 Å². The number of nitro groups is 1. The van der Waals surface area contributed by atoms with Crippen LogP contribution in [0.3, 0.4) is 0 Å². The molecular weight excluding hydrogens is 208 g/mol. The summed E-state index contributed by atoms with van der Waals surface area (Å²) in [5, 5.41) is 15.2. The maximum Gasteiger partial charge on any atom is 0.334 e. The summed E-state index contributed by atoms with van der Waals surface area (Å²) >= 11 is 0. The molecule has 1 rings (SSSR count). The van der Waals surface area contributed by atoms with Gasteiger partial charge in [-0.05, 0) is 13.8 Å². The first-order valence-electron chi connectivity index (χ1n) is 5.19. The minimum absolute atomic E-state index is 0.00907. The molecule has 0 radical (unpaired) electrons. The topological polar surface area (TPSA) is 87.0 Å². The van der Waals surface area contributed by atoms with E-state index in [4.69, 9.17) is 5.73 Å². The molecule has 6 heteroatoms. The van der Waals surface area contributed by atoms with Crippen LogP contribution in [0.5, 0.6) is 0 Å². The van der Waals surface area contributed by atoms with Crippen molar-refractivity contribution in [3.05, 3.63) is 15.8 Å². The first-order valence-corrected chi connectivity index (χ1v) is 5.19. The van der Waals surface area contributed by atoms with Gasteiger partial charge in [0.25, 0.3) is 0 Å². The lowest BCUT2D eigenvalue weighted by molar-refractivity contribution is -0.385. The van der Waals surface area contributed by atoms with E-state index >= 15 is 0 Å². The lowest BCUT2D eigenvalue weighted by Gasteiger charge is -2.13. The molecule has 0 fully saturated rings. The average molecular weight is 226 g/mol. The Labute approximate surface area is 94.6 Å². The fraction of sp³-hybridized carbons (Fsp3) is 0.700. The van der Waals surface area contributed by atoms with Crippen molar-refractivity contribution in [1.29, 1.82) is 0 Å². The number of rotatable bonds is 2. The summed E-state index contributed by atoms with van der Waals surface area (Å²) in [5.74, 6) is 0.130.